The van der Waals surface area contributed by atoms with Crippen LogP contribution < -0.4 is 5.32 Å². The zero-order chi connectivity index (χ0) is 14.9. The molecule has 110 valence electrons. The Bertz CT molecular complexity index is 720. The smallest absolute Gasteiger partial charge is 0.0794 e. The molecule has 0 radical (unpaired) electrons. The maximum atomic E-state index is 4.14. The van der Waals surface area contributed by atoms with Crippen LogP contribution in [-0.4, -0.2) is 15.1 Å². The van der Waals surface area contributed by atoms with Gasteiger partial charge in [0.05, 0.1) is 12.1 Å². The average molecular weight is 299 g/mol. The third-order valence-electron chi connectivity index (χ3n) is 3.47. The fourth-order valence-corrected chi connectivity index (χ4v) is 2.95. The van der Waals surface area contributed by atoms with Crippen LogP contribution in [0, 0.1) is 0 Å². The maximum Gasteiger partial charge on any atom is 0.0794 e. The molecule has 1 aromatic carbocycles. The van der Waals surface area contributed by atoms with Gasteiger partial charge in [-0.25, -0.2) is 0 Å². The summed E-state index contributed by atoms with van der Waals surface area (Å²) >= 11 is 1.70. The first-order valence-electron chi connectivity index (χ1n) is 7.21. The Balaban J connectivity index is 1.80. The number of nitrogens with one attached hydrogen (secondary N) is 1. The molecule has 0 unspecified atom stereocenters. The quantitative estimate of drug-likeness (QED) is 0.788. The highest BCUT2D eigenvalue weighted by Crippen LogP contribution is 2.20. The highest BCUT2D eigenvalue weighted by atomic mass is 32.1. The molecule has 0 saturated heterocycles. The Hall–Kier alpha value is -1.65. The van der Waals surface area contributed by atoms with Gasteiger partial charge in [0.1, 0.15) is 0 Å². The summed E-state index contributed by atoms with van der Waals surface area (Å²) < 4.78 is 2.28. The van der Waals surface area contributed by atoms with E-state index < -0.39 is 0 Å². The van der Waals surface area contributed by atoms with Crippen LogP contribution in [0.4, 0.5) is 0 Å². The largest absolute Gasteiger partial charge is 0.342 e. The van der Waals surface area contributed by atoms with Gasteiger partial charge < -0.3 is 9.88 Å². The lowest BCUT2D eigenvalue weighted by Gasteiger charge is -2.20. The van der Waals surface area contributed by atoms with Gasteiger partial charge in [0.2, 0.25) is 0 Å². The predicted octanol–water partition coefficient (Wildman–Crippen LogP) is 4.03. The molecule has 3 nitrogen and oxygen atoms in total. The van der Waals surface area contributed by atoms with Gasteiger partial charge in [-0.15, -0.1) is 11.3 Å². The van der Waals surface area contributed by atoms with Crippen LogP contribution in [0.15, 0.2) is 42.2 Å². The lowest BCUT2D eigenvalue weighted by molar-refractivity contribution is 0.424. The first kappa shape index (κ1) is 14.3. The normalized spacial score (nSPS) is 12.1. The first-order valence-corrected chi connectivity index (χ1v) is 8.09. The second-order valence-electron chi connectivity index (χ2n) is 6.41. The molecule has 21 heavy (non-hydrogen) atoms. The van der Waals surface area contributed by atoms with E-state index in [4.69, 9.17) is 0 Å². The molecular weight excluding hydrogens is 278 g/mol. The van der Waals surface area contributed by atoms with E-state index in [1.54, 1.807) is 11.3 Å². The monoisotopic (exact) mass is 299 g/mol. The molecule has 1 N–H and O–H groups in total. The number of aromatic nitrogens is 2. The van der Waals surface area contributed by atoms with Crippen LogP contribution in [0.3, 0.4) is 0 Å². The van der Waals surface area contributed by atoms with Gasteiger partial charge >= 0.3 is 0 Å². The lowest BCUT2D eigenvalue weighted by atomic mass is 10.1. The van der Waals surface area contributed by atoms with Gasteiger partial charge in [0, 0.05) is 34.9 Å². The summed E-state index contributed by atoms with van der Waals surface area (Å²) in [5, 5.41) is 4.83. The van der Waals surface area contributed by atoms with Crippen molar-refractivity contribution < 1.29 is 0 Å². The van der Waals surface area contributed by atoms with Gasteiger partial charge in [-0.2, -0.15) is 0 Å². The van der Waals surface area contributed by atoms with Crippen LogP contribution in [0.5, 0.6) is 0 Å². The summed E-state index contributed by atoms with van der Waals surface area (Å²) in [6.45, 7) is 8.37. The van der Waals surface area contributed by atoms with Crippen molar-refractivity contribution in [3.63, 3.8) is 0 Å². The molecule has 0 aliphatic rings. The van der Waals surface area contributed by atoms with E-state index in [0.717, 1.165) is 13.1 Å². The van der Waals surface area contributed by atoms with Crippen LogP contribution in [0.25, 0.3) is 10.9 Å². The molecule has 2 heterocycles. The molecule has 3 aromatic rings. The Labute approximate surface area is 129 Å². The number of thiazole rings is 1. The molecular formula is C17H21N3S. The minimum Gasteiger partial charge on any atom is -0.342 e. The van der Waals surface area contributed by atoms with E-state index in [2.05, 4.69) is 66.1 Å². The number of hydrogen-bond donors (Lipinski definition) is 1. The summed E-state index contributed by atoms with van der Waals surface area (Å²) in [5.41, 5.74) is 4.64. The predicted molar refractivity (Wildman–Crippen MR) is 89.7 cm³/mol. The molecule has 0 aliphatic heterocycles. The minimum atomic E-state index is 0.146. The molecule has 0 saturated carbocycles. The Morgan fingerprint density at radius 3 is 2.81 bits per heavy atom. The third-order valence-corrected chi connectivity index (χ3v) is 4.23. The van der Waals surface area contributed by atoms with Crippen LogP contribution >= 0.6 is 11.3 Å². The fraction of sp³-hybridized carbons (Fsp3) is 0.353. The number of nitrogens with zero attached hydrogens (tertiary/aromatic N) is 2. The fourth-order valence-electron chi connectivity index (χ4n) is 2.35. The van der Waals surface area contributed by atoms with Crippen LogP contribution in [0.2, 0.25) is 0 Å². The van der Waals surface area contributed by atoms with E-state index in [1.807, 2.05) is 11.7 Å². The maximum absolute atomic E-state index is 4.14. The molecule has 0 fully saturated rings. The van der Waals surface area contributed by atoms with Crippen LogP contribution in [-0.2, 0) is 13.1 Å². The van der Waals surface area contributed by atoms with Crippen LogP contribution in [0.1, 0.15) is 31.2 Å². The Morgan fingerprint density at radius 2 is 2.10 bits per heavy atom. The standard InChI is InChI=1S/C17H21N3S/c1-17(2,3)19-9-13-4-5-16-14(8-13)6-7-20(16)11-15-10-18-12-21-15/h4-8,10,12,19H,9,11H2,1-3H3. The average Bonchev–Trinajstić information content (AvgIpc) is 3.06. The Morgan fingerprint density at radius 1 is 1.24 bits per heavy atom. The molecule has 0 bridgehead atoms. The summed E-state index contributed by atoms with van der Waals surface area (Å²) in [5.74, 6) is 0. The molecule has 0 aliphatic carbocycles. The van der Waals surface area contributed by atoms with Gasteiger partial charge in [-0.05, 0) is 49.9 Å². The second-order valence-corrected chi connectivity index (χ2v) is 7.38. The SMILES string of the molecule is CC(C)(C)NCc1ccc2c(ccn2Cc2cncs2)c1. The zero-order valence-electron chi connectivity index (χ0n) is 12.8. The van der Waals surface area contributed by atoms with Crippen molar-refractivity contribution in [2.24, 2.45) is 0 Å². The van der Waals surface area contributed by atoms with E-state index in [9.17, 15) is 0 Å². The van der Waals surface area contributed by atoms with Crippen molar-refractivity contribution in [2.45, 2.75) is 39.4 Å². The van der Waals surface area contributed by atoms with Crippen molar-refractivity contribution in [3.05, 3.63) is 52.6 Å². The minimum absolute atomic E-state index is 0.146. The van der Waals surface area contributed by atoms with E-state index in [0.29, 0.717) is 0 Å². The molecule has 4 heteroatoms. The number of benzene rings is 1. The number of fused-ring (bicyclic) bond motifs is 1. The summed E-state index contributed by atoms with van der Waals surface area (Å²) in [6.07, 6.45) is 4.10. The summed E-state index contributed by atoms with van der Waals surface area (Å²) in [7, 11) is 0. The van der Waals surface area contributed by atoms with Crippen molar-refractivity contribution in [1.82, 2.24) is 14.9 Å². The van der Waals surface area contributed by atoms with E-state index in [-0.39, 0.29) is 5.54 Å². The van der Waals surface area contributed by atoms with Crippen molar-refractivity contribution in [2.75, 3.05) is 0 Å². The molecule has 2 aromatic heterocycles. The highest BCUT2D eigenvalue weighted by molar-refractivity contribution is 7.09. The molecule has 0 amide bonds. The topological polar surface area (TPSA) is 29.9 Å². The Kier molecular flexibility index (Phi) is 3.83. The second kappa shape index (κ2) is 5.62. The highest BCUT2D eigenvalue weighted by Gasteiger charge is 2.09. The summed E-state index contributed by atoms with van der Waals surface area (Å²) in [4.78, 5) is 5.42. The van der Waals surface area contributed by atoms with Crippen molar-refractivity contribution in [1.29, 1.82) is 0 Å². The van der Waals surface area contributed by atoms with Gasteiger partial charge in [0.25, 0.3) is 0 Å². The van der Waals surface area contributed by atoms with Gasteiger partial charge in [0.15, 0.2) is 0 Å². The lowest BCUT2D eigenvalue weighted by Crippen LogP contribution is -2.35. The van der Waals surface area contributed by atoms with E-state index in [1.165, 1.54) is 21.3 Å². The van der Waals surface area contributed by atoms with Crippen molar-refractivity contribution in [3.8, 4) is 0 Å². The van der Waals surface area contributed by atoms with E-state index >= 15 is 0 Å². The van der Waals surface area contributed by atoms with Gasteiger partial charge in [-0.1, -0.05) is 6.07 Å². The molecule has 0 spiro atoms. The van der Waals surface area contributed by atoms with Crippen molar-refractivity contribution >= 4 is 22.2 Å². The number of hydrogen-bond acceptors (Lipinski definition) is 3. The third kappa shape index (κ3) is 3.52. The summed E-state index contributed by atoms with van der Waals surface area (Å²) in [6, 6.07) is 8.90. The van der Waals surface area contributed by atoms with Gasteiger partial charge in [-0.3, -0.25) is 4.98 Å². The number of rotatable bonds is 4. The first-order chi connectivity index (χ1) is 10.0. The molecule has 3 rings (SSSR count). The molecule has 0 atom stereocenters. The zero-order valence-corrected chi connectivity index (χ0v) is 13.6.